The molecule has 0 unspecified atom stereocenters. The minimum Gasteiger partial charge on any atom is -0.382 e. The molecule has 0 aromatic heterocycles. The Bertz CT molecular complexity index is 287. The highest BCUT2D eigenvalue weighted by Crippen LogP contribution is 2.23. The van der Waals surface area contributed by atoms with Crippen LogP contribution in [0.3, 0.4) is 0 Å². The van der Waals surface area contributed by atoms with Crippen LogP contribution in [0.2, 0.25) is 0 Å². The molecule has 0 aliphatic heterocycles. The van der Waals surface area contributed by atoms with E-state index < -0.39 is 0 Å². The van der Waals surface area contributed by atoms with Crippen molar-refractivity contribution >= 4 is 5.69 Å². The number of hydrogen-bond donors (Lipinski definition) is 1. The van der Waals surface area contributed by atoms with Crippen molar-refractivity contribution in [2.24, 2.45) is 0 Å². The van der Waals surface area contributed by atoms with Crippen LogP contribution in [0.25, 0.3) is 0 Å². The highest BCUT2D eigenvalue weighted by atomic mass is 14.9. The lowest BCUT2D eigenvalue weighted by molar-refractivity contribution is 0.462. The number of benzene rings is 1. The van der Waals surface area contributed by atoms with E-state index in [0.717, 1.165) is 0 Å². The second-order valence-electron chi connectivity index (χ2n) is 4.29. The molecule has 0 atom stereocenters. The first-order valence-electron chi connectivity index (χ1n) is 5.68. The number of para-hydroxylation sites is 1. The smallest absolute Gasteiger partial charge is 0.0372 e. The molecule has 76 valence electrons. The summed E-state index contributed by atoms with van der Waals surface area (Å²) in [5, 5.41) is 3.65. The van der Waals surface area contributed by atoms with Crippen molar-refractivity contribution in [3.05, 3.63) is 29.8 Å². The molecule has 1 aromatic rings. The van der Waals surface area contributed by atoms with E-state index in [1.54, 1.807) is 0 Å². The molecular formula is C13H19N. The maximum atomic E-state index is 3.65. The van der Waals surface area contributed by atoms with Crippen molar-refractivity contribution in [3.8, 4) is 0 Å². The van der Waals surface area contributed by atoms with Gasteiger partial charge in [-0.15, -0.1) is 0 Å². The second kappa shape index (κ2) is 4.50. The van der Waals surface area contributed by atoms with E-state index in [-0.39, 0.29) is 0 Å². The molecule has 1 N–H and O–H groups in total. The van der Waals surface area contributed by atoms with Gasteiger partial charge in [0.2, 0.25) is 0 Å². The summed E-state index contributed by atoms with van der Waals surface area (Å²) >= 11 is 0. The highest BCUT2D eigenvalue weighted by Gasteiger charge is 2.13. The van der Waals surface area contributed by atoms with Gasteiger partial charge in [-0.05, 0) is 31.4 Å². The van der Waals surface area contributed by atoms with Crippen molar-refractivity contribution in [3.63, 3.8) is 0 Å². The minimum absolute atomic E-state index is 0.713. The van der Waals surface area contributed by atoms with E-state index in [9.17, 15) is 0 Å². The Balaban J connectivity index is 1.99. The summed E-state index contributed by atoms with van der Waals surface area (Å²) in [4.78, 5) is 0. The number of anilines is 1. The molecule has 1 heteroatoms. The molecule has 0 saturated heterocycles. The van der Waals surface area contributed by atoms with Gasteiger partial charge in [-0.2, -0.15) is 0 Å². The minimum atomic E-state index is 0.713. The summed E-state index contributed by atoms with van der Waals surface area (Å²) in [6.45, 7) is 2.17. The monoisotopic (exact) mass is 189 g/mol. The zero-order valence-electron chi connectivity index (χ0n) is 8.92. The van der Waals surface area contributed by atoms with Crippen molar-refractivity contribution in [1.82, 2.24) is 0 Å². The summed E-state index contributed by atoms with van der Waals surface area (Å²) in [7, 11) is 0. The SMILES string of the molecule is Cc1ccccc1NC1CCCCC1. The summed E-state index contributed by atoms with van der Waals surface area (Å²) < 4.78 is 0. The summed E-state index contributed by atoms with van der Waals surface area (Å²) in [6.07, 6.45) is 6.89. The normalized spacial score (nSPS) is 18.1. The van der Waals surface area contributed by atoms with Crippen LogP contribution in [0, 0.1) is 6.92 Å². The molecular weight excluding hydrogens is 170 g/mol. The quantitative estimate of drug-likeness (QED) is 0.747. The third-order valence-corrected chi connectivity index (χ3v) is 3.11. The lowest BCUT2D eigenvalue weighted by atomic mass is 9.95. The predicted molar refractivity (Wildman–Crippen MR) is 61.7 cm³/mol. The topological polar surface area (TPSA) is 12.0 Å². The van der Waals surface area contributed by atoms with Crippen molar-refractivity contribution < 1.29 is 0 Å². The molecule has 14 heavy (non-hydrogen) atoms. The molecule has 1 nitrogen and oxygen atoms in total. The fourth-order valence-corrected chi connectivity index (χ4v) is 2.20. The molecule has 1 aliphatic carbocycles. The van der Waals surface area contributed by atoms with Crippen LogP contribution in [-0.4, -0.2) is 6.04 Å². The zero-order chi connectivity index (χ0) is 9.80. The molecule has 0 heterocycles. The zero-order valence-corrected chi connectivity index (χ0v) is 8.92. The van der Waals surface area contributed by atoms with Crippen LogP contribution < -0.4 is 5.32 Å². The van der Waals surface area contributed by atoms with Gasteiger partial charge in [0.05, 0.1) is 0 Å². The fourth-order valence-electron chi connectivity index (χ4n) is 2.20. The highest BCUT2D eigenvalue weighted by molar-refractivity contribution is 5.50. The van der Waals surface area contributed by atoms with Gasteiger partial charge in [-0.25, -0.2) is 0 Å². The van der Waals surface area contributed by atoms with E-state index in [4.69, 9.17) is 0 Å². The van der Waals surface area contributed by atoms with Gasteiger partial charge in [0.25, 0.3) is 0 Å². The van der Waals surface area contributed by atoms with Crippen molar-refractivity contribution in [1.29, 1.82) is 0 Å². The van der Waals surface area contributed by atoms with Crippen LogP contribution in [0.1, 0.15) is 37.7 Å². The molecule has 2 rings (SSSR count). The van der Waals surface area contributed by atoms with E-state index in [1.165, 1.54) is 43.4 Å². The van der Waals surface area contributed by atoms with E-state index in [1.807, 2.05) is 0 Å². The van der Waals surface area contributed by atoms with Crippen LogP contribution in [-0.2, 0) is 0 Å². The molecule has 1 aliphatic rings. The van der Waals surface area contributed by atoms with E-state index in [2.05, 4.69) is 36.5 Å². The Morgan fingerprint density at radius 2 is 1.79 bits per heavy atom. The molecule has 1 saturated carbocycles. The Labute approximate surface area is 86.5 Å². The summed E-state index contributed by atoms with van der Waals surface area (Å²) in [5.74, 6) is 0. The molecule has 0 spiro atoms. The van der Waals surface area contributed by atoms with Gasteiger partial charge in [0, 0.05) is 11.7 Å². The number of nitrogens with one attached hydrogen (secondary N) is 1. The Morgan fingerprint density at radius 1 is 1.07 bits per heavy atom. The summed E-state index contributed by atoms with van der Waals surface area (Å²) in [5.41, 5.74) is 2.68. The van der Waals surface area contributed by atoms with Gasteiger partial charge in [0.1, 0.15) is 0 Å². The van der Waals surface area contributed by atoms with Gasteiger partial charge in [-0.1, -0.05) is 37.5 Å². The largest absolute Gasteiger partial charge is 0.382 e. The molecule has 1 fully saturated rings. The molecule has 1 aromatic carbocycles. The van der Waals surface area contributed by atoms with E-state index >= 15 is 0 Å². The maximum absolute atomic E-state index is 3.65. The third kappa shape index (κ3) is 2.28. The van der Waals surface area contributed by atoms with Crippen molar-refractivity contribution in [2.75, 3.05) is 5.32 Å². The first-order valence-corrected chi connectivity index (χ1v) is 5.68. The van der Waals surface area contributed by atoms with Crippen LogP contribution in [0.5, 0.6) is 0 Å². The molecule has 0 bridgehead atoms. The third-order valence-electron chi connectivity index (χ3n) is 3.11. The Kier molecular flexibility index (Phi) is 3.07. The van der Waals surface area contributed by atoms with Gasteiger partial charge in [-0.3, -0.25) is 0 Å². The van der Waals surface area contributed by atoms with Gasteiger partial charge >= 0.3 is 0 Å². The van der Waals surface area contributed by atoms with Gasteiger partial charge < -0.3 is 5.32 Å². The van der Waals surface area contributed by atoms with Gasteiger partial charge in [0.15, 0.2) is 0 Å². The Morgan fingerprint density at radius 3 is 2.50 bits per heavy atom. The van der Waals surface area contributed by atoms with E-state index in [0.29, 0.717) is 6.04 Å². The van der Waals surface area contributed by atoms with Crippen LogP contribution >= 0.6 is 0 Å². The Hall–Kier alpha value is -0.980. The summed E-state index contributed by atoms with van der Waals surface area (Å²) in [6, 6.07) is 9.28. The lowest BCUT2D eigenvalue weighted by Crippen LogP contribution is -2.22. The second-order valence-corrected chi connectivity index (χ2v) is 4.29. The predicted octanol–water partition coefficient (Wildman–Crippen LogP) is 3.74. The number of aryl methyl sites for hydroxylation is 1. The number of rotatable bonds is 2. The first kappa shape index (κ1) is 9.57. The van der Waals surface area contributed by atoms with Crippen LogP contribution in [0.4, 0.5) is 5.69 Å². The van der Waals surface area contributed by atoms with Crippen molar-refractivity contribution in [2.45, 2.75) is 45.1 Å². The maximum Gasteiger partial charge on any atom is 0.0372 e. The first-order chi connectivity index (χ1) is 6.86. The lowest BCUT2D eigenvalue weighted by Gasteiger charge is -2.24. The average molecular weight is 189 g/mol. The average Bonchev–Trinajstić information content (AvgIpc) is 2.23. The molecule has 0 amide bonds. The van der Waals surface area contributed by atoms with Crippen LogP contribution in [0.15, 0.2) is 24.3 Å². The molecule has 0 radical (unpaired) electrons. The standard InChI is InChI=1S/C13H19N/c1-11-7-5-6-10-13(11)14-12-8-3-2-4-9-12/h5-7,10,12,14H,2-4,8-9H2,1H3. The fraction of sp³-hybridized carbons (Fsp3) is 0.538. The number of hydrogen-bond acceptors (Lipinski definition) is 1.